The van der Waals surface area contributed by atoms with Crippen molar-refractivity contribution < 1.29 is 33.7 Å². The van der Waals surface area contributed by atoms with Crippen molar-refractivity contribution in [2.24, 2.45) is 5.92 Å². The first-order chi connectivity index (χ1) is 22.4. The van der Waals surface area contributed by atoms with E-state index in [2.05, 4.69) is 15.5 Å². The van der Waals surface area contributed by atoms with Crippen LogP contribution in [0.1, 0.15) is 109 Å². The lowest BCUT2D eigenvalue weighted by molar-refractivity contribution is -0.255. The van der Waals surface area contributed by atoms with Crippen LogP contribution in [0, 0.1) is 5.92 Å². The van der Waals surface area contributed by atoms with Crippen molar-refractivity contribution in [2.45, 2.75) is 128 Å². The van der Waals surface area contributed by atoms with E-state index in [0.717, 1.165) is 36.0 Å². The van der Waals surface area contributed by atoms with E-state index in [1.807, 2.05) is 57.2 Å². The molecule has 2 heterocycles. The molecule has 2 aromatic rings. The molecule has 0 spiro atoms. The second-order valence-electron chi connectivity index (χ2n) is 14.4. The molecule has 2 aliphatic heterocycles. The molecule has 256 valence electrons. The van der Waals surface area contributed by atoms with Gasteiger partial charge in [0.1, 0.15) is 0 Å². The normalized spacial score (nSPS) is 27.3. The number of likely N-dealkylation sites (tertiary alicyclic amines) is 1. The van der Waals surface area contributed by atoms with E-state index >= 15 is 0 Å². The minimum absolute atomic E-state index is 0.0295. The highest BCUT2D eigenvalue weighted by atomic mass is 16.7. The standard InChI is InChI=1S/C37H51N3O7/c1-23(45-24(2)42)34(43)38-29-17-14-28(15-18-29)36-46-30(20-33(47-36)27-12-10-25(22-41)11-13-27)21-40-31-9-7-6-8-26(31)16-19-32(40)35(44)39-37(3,4)5/h10-15,17-18,23,26,30-33,36,41H,6-9,16,19-22H2,1-5H3,(H,38,43)(H,39,44)/t23-,26+,30-,31+,32+,33+,36+/m0/s1. The van der Waals surface area contributed by atoms with Crippen LogP contribution in [0.25, 0.3) is 0 Å². The quantitative estimate of drug-likeness (QED) is 0.302. The second-order valence-corrected chi connectivity index (χ2v) is 14.4. The molecule has 3 aliphatic rings. The molecule has 2 aromatic carbocycles. The smallest absolute Gasteiger partial charge is 0.303 e. The molecule has 10 heteroatoms. The van der Waals surface area contributed by atoms with E-state index in [-0.39, 0.29) is 36.3 Å². The Bertz CT molecular complexity index is 1370. The number of anilines is 1. The Balaban J connectivity index is 1.38. The van der Waals surface area contributed by atoms with Gasteiger partial charge in [0.15, 0.2) is 12.4 Å². The van der Waals surface area contributed by atoms with Crippen molar-refractivity contribution in [3.05, 3.63) is 65.2 Å². The van der Waals surface area contributed by atoms with Crippen molar-refractivity contribution >= 4 is 23.5 Å². The molecule has 0 bridgehead atoms. The summed E-state index contributed by atoms with van der Waals surface area (Å²) < 4.78 is 18.3. The van der Waals surface area contributed by atoms with Crippen molar-refractivity contribution in [1.29, 1.82) is 0 Å². The summed E-state index contributed by atoms with van der Waals surface area (Å²) in [6.07, 6.45) is 5.20. The highest BCUT2D eigenvalue weighted by Crippen LogP contribution is 2.42. The fraction of sp³-hybridized carbons (Fsp3) is 0.595. The predicted octanol–water partition coefficient (Wildman–Crippen LogP) is 5.55. The zero-order valence-corrected chi connectivity index (χ0v) is 28.4. The number of carbonyl (C=O) groups is 3. The number of rotatable bonds is 9. The predicted molar refractivity (Wildman–Crippen MR) is 178 cm³/mol. The van der Waals surface area contributed by atoms with Gasteiger partial charge in [-0.15, -0.1) is 0 Å². The molecule has 0 radical (unpaired) electrons. The lowest BCUT2D eigenvalue weighted by Crippen LogP contribution is -2.61. The van der Waals surface area contributed by atoms with Gasteiger partial charge in [-0.1, -0.05) is 49.2 Å². The van der Waals surface area contributed by atoms with Gasteiger partial charge in [0.2, 0.25) is 5.91 Å². The number of fused-ring (bicyclic) bond motifs is 1. The van der Waals surface area contributed by atoms with E-state index < -0.39 is 24.3 Å². The molecule has 47 heavy (non-hydrogen) atoms. The Morgan fingerprint density at radius 1 is 0.957 bits per heavy atom. The van der Waals surface area contributed by atoms with Gasteiger partial charge in [-0.25, -0.2) is 0 Å². The maximum atomic E-state index is 13.7. The molecular weight excluding hydrogens is 598 g/mol. The number of ether oxygens (including phenoxy) is 3. The topological polar surface area (TPSA) is 126 Å². The zero-order valence-electron chi connectivity index (χ0n) is 28.4. The number of aliphatic hydroxyl groups is 1. The zero-order chi connectivity index (χ0) is 33.7. The number of aliphatic hydroxyl groups excluding tert-OH is 1. The maximum Gasteiger partial charge on any atom is 0.303 e. The van der Waals surface area contributed by atoms with Gasteiger partial charge in [-0.2, -0.15) is 0 Å². The number of hydrogen-bond donors (Lipinski definition) is 3. The molecular formula is C37H51N3O7. The molecule has 2 amide bonds. The number of carbonyl (C=O) groups excluding carboxylic acids is 3. The van der Waals surface area contributed by atoms with Crippen molar-refractivity contribution in [3.63, 3.8) is 0 Å². The van der Waals surface area contributed by atoms with Crippen molar-refractivity contribution in [2.75, 3.05) is 11.9 Å². The summed E-state index contributed by atoms with van der Waals surface area (Å²) in [6.45, 7) is 9.46. The third-order valence-electron chi connectivity index (χ3n) is 9.50. The Kier molecular flexibility index (Phi) is 11.4. The fourth-order valence-corrected chi connectivity index (χ4v) is 7.27. The Labute approximate surface area is 278 Å². The molecule has 2 saturated heterocycles. The number of nitrogens with zero attached hydrogens (tertiary/aromatic N) is 1. The summed E-state index contributed by atoms with van der Waals surface area (Å²) in [6, 6.07) is 15.2. The SMILES string of the molecule is CC(=O)O[C@@H](C)C(=O)Nc1ccc([C@@H]2O[C@H](CN3[C@@H](C(=O)NC(C)(C)C)CC[C@H]4CCCC[C@H]43)C[C@H](c3ccc(CO)cc3)O2)cc1. The average Bonchev–Trinajstić information content (AvgIpc) is 3.04. The molecule has 1 aliphatic carbocycles. The third kappa shape index (κ3) is 9.19. The van der Waals surface area contributed by atoms with Gasteiger partial charge < -0.3 is 30.0 Å². The first-order valence-corrected chi connectivity index (χ1v) is 17.1. The minimum Gasteiger partial charge on any atom is -0.453 e. The Hall–Kier alpha value is -3.31. The van der Waals surface area contributed by atoms with Crippen molar-refractivity contribution in [3.8, 4) is 0 Å². The summed E-state index contributed by atoms with van der Waals surface area (Å²) in [5.74, 6) is -0.264. The summed E-state index contributed by atoms with van der Waals surface area (Å²) >= 11 is 0. The Morgan fingerprint density at radius 2 is 1.64 bits per heavy atom. The second kappa shape index (κ2) is 15.3. The van der Waals surface area contributed by atoms with E-state index in [0.29, 0.717) is 30.6 Å². The van der Waals surface area contributed by atoms with Crippen LogP contribution in [-0.2, 0) is 35.2 Å². The monoisotopic (exact) mass is 649 g/mol. The van der Waals surface area contributed by atoms with Crippen LogP contribution in [-0.4, -0.2) is 64.2 Å². The average molecular weight is 650 g/mol. The third-order valence-corrected chi connectivity index (χ3v) is 9.50. The van der Waals surface area contributed by atoms with E-state index in [4.69, 9.17) is 14.2 Å². The number of esters is 1. The van der Waals surface area contributed by atoms with E-state index in [1.54, 1.807) is 12.1 Å². The van der Waals surface area contributed by atoms with Gasteiger partial charge in [-0.3, -0.25) is 19.3 Å². The fourth-order valence-electron chi connectivity index (χ4n) is 7.27. The molecule has 3 N–H and O–H groups in total. The highest BCUT2D eigenvalue weighted by molar-refractivity contribution is 5.94. The molecule has 1 saturated carbocycles. The number of hydrogen-bond acceptors (Lipinski definition) is 8. The largest absolute Gasteiger partial charge is 0.453 e. The van der Waals surface area contributed by atoms with Crippen LogP contribution in [0.3, 0.4) is 0 Å². The van der Waals surface area contributed by atoms with E-state index in [1.165, 1.54) is 33.1 Å². The lowest BCUT2D eigenvalue weighted by atomic mass is 9.75. The lowest BCUT2D eigenvalue weighted by Gasteiger charge is -2.50. The summed E-state index contributed by atoms with van der Waals surface area (Å²) in [4.78, 5) is 39.9. The highest BCUT2D eigenvalue weighted by Gasteiger charge is 2.44. The molecule has 5 rings (SSSR count). The first-order valence-electron chi connectivity index (χ1n) is 17.1. The molecule has 10 nitrogen and oxygen atoms in total. The van der Waals surface area contributed by atoms with Gasteiger partial charge in [-0.05, 0) is 82.6 Å². The number of piperidine rings is 1. The van der Waals surface area contributed by atoms with Crippen LogP contribution in [0.15, 0.2) is 48.5 Å². The van der Waals surface area contributed by atoms with Crippen molar-refractivity contribution in [1.82, 2.24) is 10.2 Å². The van der Waals surface area contributed by atoms with Crippen LogP contribution in [0.5, 0.6) is 0 Å². The Morgan fingerprint density at radius 3 is 2.30 bits per heavy atom. The molecule has 0 aromatic heterocycles. The number of nitrogens with one attached hydrogen (secondary N) is 2. The summed E-state index contributed by atoms with van der Waals surface area (Å²) in [5.41, 5.74) is 2.88. The minimum atomic E-state index is -0.913. The van der Waals surface area contributed by atoms with Crippen LogP contribution in [0.2, 0.25) is 0 Å². The number of amides is 2. The van der Waals surface area contributed by atoms with Gasteiger partial charge in [0.05, 0.1) is 24.9 Å². The molecule has 7 atom stereocenters. The summed E-state index contributed by atoms with van der Waals surface area (Å²) in [5, 5.41) is 15.6. The summed E-state index contributed by atoms with van der Waals surface area (Å²) in [7, 11) is 0. The van der Waals surface area contributed by atoms with Crippen LogP contribution >= 0.6 is 0 Å². The first kappa shape index (κ1) is 35.0. The maximum absolute atomic E-state index is 13.7. The van der Waals surface area contributed by atoms with Gasteiger partial charge in [0.25, 0.3) is 5.91 Å². The van der Waals surface area contributed by atoms with Gasteiger partial charge in [0, 0.05) is 42.7 Å². The number of benzene rings is 2. The van der Waals surface area contributed by atoms with Gasteiger partial charge >= 0.3 is 5.97 Å². The van der Waals surface area contributed by atoms with E-state index in [9.17, 15) is 19.5 Å². The molecule has 0 unspecified atom stereocenters. The molecule has 3 fully saturated rings. The van der Waals surface area contributed by atoms with Crippen LogP contribution in [0.4, 0.5) is 5.69 Å². The van der Waals surface area contributed by atoms with Crippen LogP contribution < -0.4 is 10.6 Å².